The topological polar surface area (TPSA) is 29.9 Å². The van der Waals surface area contributed by atoms with Gasteiger partial charge in [-0.2, -0.15) is 5.10 Å². The van der Waals surface area contributed by atoms with Crippen LogP contribution in [0.2, 0.25) is 0 Å². The molecule has 20 heavy (non-hydrogen) atoms. The number of rotatable bonds is 6. The number of hydrogen-bond acceptors (Lipinski definition) is 2. The van der Waals surface area contributed by atoms with E-state index in [0.29, 0.717) is 0 Å². The van der Waals surface area contributed by atoms with Crippen molar-refractivity contribution in [3.8, 4) is 0 Å². The minimum absolute atomic E-state index is 0.817. The molecule has 0 atom stereocenters. The summed E-state index contributed by atoms with van der Waals surface area (Å²) in [6.07, 6.45) is 0.952. The summed E-state index contributed by atoms with van der Waals surface area (Å²) in [5.41, 5.74) is 3.64. The molecule has 2 aromatic rings. The molecular formula is C15H19Br2N3. The molecule has 0 aliphatic carbocycles. The Bertz CT molecular complexity index is 561. The molecule has 0 spiro atoms. The summed E-state index contributed by atoms with van der Waals surface area (Å²) >= 11 is 7.12. The van der Waals surface area contributed by atoms with Crippen LogP contribution in [0.15, 0.2) is 33.2 Å². The summed E-state index contributed by atoms with van der Waals surface area (Å²) in [5, 5.41) is 8.09. The molecule has 0 bridgehead atoms. The molecule has 0 saturated heterocycles. The molecule has 3 nitrogen and oxygen atoms in total. The number of benzene rings is 1. The summed E-state index contributed by atoms with van der Waals surface area (Å²) < 4.78 is 4.32. The fourth-order valence-corrected chi connectivity index (χ4v) is 3.08. The summed E-state index contributed by atoms with van der Waals surface area (Å²) in [6, 6.07) is 8.39. The molecule has 1 aromatic carbocycles. The van der Waals surface area contributed by atoms with E-state index in [2.05, 4.69) is 85.1 Å². The lowest BCUT2D eigenvalue weighted by Gasteiger charge is -2.08. The second-order valence-corrected chi connectivity index (χ2v) is 6.32. The molecule has 1 heterocycles. The lowest BCUT2D eigenvalue weighted by atomic mass is 10.2. The number of nitrogens with zero attached hydrogens (tertiary/aromatic N) is 2. The van der Waals surface area contributed by atoms with E-state index in [0.717, 1.165) is 40.7 Å². The first-order valence-electron chi connectivity index (χ1n) is 6.84. The van der Waals surface area contributed by atoms with Crippen molar-refractivity contribution in [2.75, 3.05) is 0 Å². The lowest BCUT2D eigenvalue weighted by Crippen LogP contribution is -2.16. The van der Waals surface area contributed by atoms with Crippen molar-refractivity contribution in [2.24, 2.45) is 0 Å². The van der Waals surface area contributed by atoms with Gasteiger partial charge < -0.3 is 5.32 Å². The van der Waals surface area contributed by atoms with Crippen molar-refractivity contribution in [2.45, 2.75) is 39.9 Å². The van der Waals surface area contributed by atoms with Gasteiger partial charge in [0, 0.05) is 24.1 Å². The highest BCUT2D eigenvalue weighted by molar-refractivity contribution is 9.10. The maximum absolute atomic E-state index is 4.61. The molecule has 0 saturated carbocycles. The Kier molecular flexibility index (Phi) is 5.81. The van der Waals surface area contributed by atoms with Gasteiger partial charge in [-0.3, -0.25) is 4.68 Å². The predicted octanol–water partition coefficient (Wildman–Crippen LogP) is 4.28. The van der Waals surface area contributed by atoms with Crippen LogP contribution in [0.1, 0.15) is 30.8 Å². The van der Waals surface area contributed by atoms with Crippen molar-refractivity contribution in [3.05, 3.63) is 50.2 Å². The lowest BCUT2D eigenvalue weighted by molar-refractivity contribution is 0.576. The van der Waals surface area contributed by atoms with E-state index in [1.807, 2.05) is 0 Å². The third kappa shape index (κ3) is 3.71. The zero-order chi connectivity index (χ0) is 14.5. The van der Waals surface area contributed by atoms with Gasteiger partial charge in [0.1, 0.15) is 0 Å². The molecule has 1 aromatic heterocycles. The van der Waals surface area contributed by atoms with Gasteiger partial charge in [-0.05, 0) is 47.0 Å². The predicted molar refractivity (Wildman–Crippen MR) is 89.7 cm³/mol. The third-order valence-electron chi connectivity index (χ3n) is 3.23. The summed E-state index contributed by atoms with van der Waals surface area (Å²) in [7, 11) is 0. The Morgan fingerprint density at radius 2 is 1.80 bits per heavy atom. The Hall–Kier alpha value is -0.650. The van der Waals surface area contributed by atoms with Crippen LogP contribution >= 0.6 is 31.9 Å². The smallest absolute Gasteiger partial charge is 0.0767 e. The van der Waals surface area contributed by atoms with E-state index >= 15 is 0 Å². The number of aryl methyl sites for hydroxylation is 2. The fourth-order valence-electron chi connectivity index (χ4n) is 2.11. The second kappa shape index (κ2) is 7.38. The summed E-state index contributed by atoms with van der Waals surface area (Å²) in [6.45, 7) is 6.82. The SMILES string of the molecule is CCc1nn(CC)c(CNCc2ccc(Br)cc2)c1Br. The highest BCUT2D eigenvalue weighted by atomic mass is 79.9. The van der Waals surface area contributed by atoms with E-state index in [1.54, 1.807) is 0 Å². The van der Waals surface area contributed by atoms with Crippen LogP contribution in [0.25, 0.3) is 0 Å². The molecule has 0 radical (unpaired) electrons. The van der Waals surface area contributed by atoms with Crippen molar-refractivity contribution in [3.63, 3.8) is 0 Å². The first-order chi connectivity index (χ1) is 9.65. The van der Waals surface area contributed by atoms with Gasteiger partial charge >= 0.3 is 0 Å². The largest absolute Gasteiger partial charge is 0.307 e. The van der Waals surface area contributed by atoms with Crippen LogP contribution in [0.4, 0.5) is 0 Å². The molecule has 0 fully saturated rings. The van der Waals surface area contributed by atoms with Crippen molar-refractivity contribution < 1.29 is 0 Å². The van der Waals surface area contributed by atoms with Crippen LogP contribution in [0.3, 0.4) is 0 Å². The van der Waals surface area contributed by atoms with E-state index < -0.39 is 0 Å². The third-order valence-corrected chi connectivity index (χ3v) is 4.67. The van der Waals surface area contributed by atoms with Gasteiger partial charge in [0.05, 0.1) is 15.9 Å². The van der Waals surface area contributed by atoms with Crippen LogP contribution in [-0.2, 0) is 26.1 Å². The van der Waals surface area contributed by atoms with Crippen LogP contribution in [0.5, 0.6) is 0 Å². The highest BCUT2D eigenvalue weighted by Crippen LogP contribution is 2.22. The van der Waals surface area contributed by atoms with Gasteiger partial charge in [0.2, 0.25) is 0 Å². The van der Waals surface area contributed by atoms with Gasteiger partial charge in [-0.25, -0.2) is 0 Å². The first kappa shape index (κ1) is 15.7. The minimum atomic E-state index is 0.817. The molecule has 2 rings (SSSR count). The maximum Gasteiger partial charge on any atom is 0.0767 e. The van der Waals surface area contributed by atoms with Crippen LogP contribution in [-0.4, -0.2) is 9.78 Å². The van der Waals surface area contributed by atoms with Crippen molar-refractivity contribution in [1.29, 1.82) is 0 Å². The molecule has 0 unspecified atom stereocenters. The Labute approximate surface area is 137 Å². The number of nitrogens with one attached hydrogen (secondary N) is 1. The van der Waals surface area contributed by atoms with Gasteiger partial charge in [-0.1, -0.05) is 35.0 Å². The molecular weight excluding hydrogens is 382 g/mol. The zero-order valence-corrected chi connectivity index (χ0v) is 15.0. The number of aromatic nitrogens is 2. The Morgan fingerprint density at radius 3 is 2.40 bits per heavy atom. The Balaban J connectivity index is 2.00. The van der Waals surface area contributed by atoms with Gasteiger partial charge in [0.15, 0.2) is 0 Å². The summed E-state index contributed by atoms with van der Waals surface area (Å²) in [5.74, 6) is 0. The van der Waals surface area contributed by atoms with Crippen molar-refractivity contribution in [1.82, 2.24) is 15.1 Å². The summed E-state index contributed by atoms with van der Waals surface area (Å²) in [4.78, 5) is 0. The highest BCUT2D eigenvalue weighted by Gasteiger charge is 2.13. The van der Waals surface area contributed by atoms with E-state index in [-0.39, 0.29) is 0 Å². The van der Waals surface area contributed by atoms with Gasteiger partial charge in [-0.15, -0.1) is 0 Å². The minimum Gasteiger partial charge on any atom is -0.307 e. The van der Waals surface area contributed by atoms with Gasteiger partial charge in [0.25, 0.3) is 0 Å². The molecule has 0 aliphatic rings. The second-order valence-electron chi connectivity index (χ2n) is 4.61. The maximum atomic E-state index is 4.61. The zero-order valence-electron chi connectivity index (χ0n) is 11.8. The normalized spacial score (nSPS) is 11.0. The average molecular weight is 401 g/mol. The molecule has 5 heteroatoms. The molecule has 108 valence electrons. The monoisotopic (exact) mass is 399 g/mol. The van der Waals surface area contributed by atoms with Crippen molar-refractivity contribution >= 4 is 31.9 Å². The van der Waals surface area contributed by atoms with E-state index in [1.165, 1.54) is 11.3 Å². The Morgan fingerprint density at radius 1 is 1.10 bits per heavy atom. The number of halogens is 2. The van der Waals surface area contributed by atoms with Crippen LogP contribution < -0.4 is 5.32 Å². The van der Waals surface area contributed by atoms with E-state index in [4.69, 9.17) is 0 Å². The van der Waals surface area contributed by atoms with Crippen LogP contribution in [0, 0.1) is 0 Å². The van der Waals surface area contributed by atoms with E-state index in [9.17, 15) is 0 Å². The standard InChI is InChI=1S/C15H19Br2N3/c1-3-13-15(17)14(20(4-2)19-13)10-18-9-11-5-7-12(16)8-6-11/h5-8,18H,3-4,9-10H2,1-2H3. The first-order valence-corrected chi connectivity index (χ1v) is 8.43. The molecule has 0 amide bonds. The fraction of sp³-hybridized carbons (Fsp3) is 0.400. The number of hydrogen-bond donors (Lipinski definition) is 1. The molecule has 0 aliphatic heterocycles. The average Bonchev–Trinajstić information content (AvgIpc) is 2.77. The quantitative estimate of drug-likeness (QED) is 0.784. The molecule has 1 N–H and O–H groups in total.